The summed E-state index contributed by atoms with van der Waals surface area (Å²) in [5.74, 6) is -1.30. The van der Waals surface area contributed by atoms with E-state index in [9.17, 15) is 31.5 Å². The molecule has 0 radical (unpaired) electrons. The highest BCUT2D eigenvalue weighted by atomic mass is 32.2. The van der Waals surface area contributed by atoms with Crippen LogP contribution in [0.2, 0.25) is 0 Å². The van der Waals surface area contributed by atoms with Crippen LogP contribution < -0.4 is 4.72 Å². The van der Waals surface area contributed by atoms with Crippen LogP contribution in [0.25, 0.3) is 0 Å². The minimum atomic E-state index is -4.66. The van der Waals surface area contributed by atoms with E-state index < -0.39 is 44.3 Å². The topological polar surface area (TPSA) is 106 Å². The lowest BCUT2D eigenvalue weighted by molar-refractivity contribution is -0.161. The Hall–Kier alpha value is -4.64. The predicted octanol–water partition coefficient (Wildman–Crippen LogP) is 8.16. The number of hydrogen-bond acceptors (Lipinski definition) is 6. The molecule has 0 spiro atoms. The van der Waals surface area contributed by atoms with Gasteiger partial charge < -0.3 is 9.84 Å². The van der Waals surface area contributed by atoms with Gasteiger partial charge in [-0.3, -0.25) is 4.72 Å². The third-order valence-corrected chi connectivity index (χ3v) is 9.69. The standard InChI is InChI=1S/C36H35F3N2O5S/c1-2-30(27-14-9-15-29(22-27)41-47(44,45)32-17-16-28(24-40-32)36(37,38)39)33-31(42)23-35(46-34(33)43,20-18-25-10-5-3-6-11-25)21-19-26-12-7-4-8-13-26/h3-17,22,24,30,41-42H,2,18-21,23H2,1H3/t30-/m0/s1. The molecule has 1 aliphatic rings. The van der Waals surface area contributed by atoms with Crippen molar-refractivity contribution in [2.75, 3.05) is 4.72 Å². The van der Waals surface area contributed by atoms with Crippen LogP contribution in [0.15, 0.2) is 120 Å². The molecule has 4 aromatic rings. The minimum absolute atomic E-state index is 0.0610. The van der Waals surface area contributed by atoms with Crippen LogP contribution in [0.1, 0.15) is 60.8 Å². The van der Waals surface area contributed by atoms with Gasteiger partial charge >= 0.3 is 12.1 Å². The molecule has 47 heavy (non-hydrogen) atoms. The first-order chi connectivity index (χ1) is 22.4. The Balaban J connectivity index is 1.39. The van der Waals surface area contributed by atoms with Crippen molar-refractivity contribution in [2.24, 2.45) is 0 Å². The number of carbonyl (C=O) groups is 1. The molecule has 1 aromatic heterocycles. The molecule has 0 aliphatic carbocycles. The van der Waals surface area contributed by atoms with Crippen molar-refractivity contribution in [2.45, 2.75) is 68.2 Å². The zero-order valence-corrected chi connectivity index (χ0v) is 26.5. The lowest BCUT2D eigenvalue weighted by Crippen LogP contribution is -2.42. The fraction of sp³-hybridized carbons (Fsp3) is 0.278. The van der Waals surface area contributed by atoms with Crippen LogP contribution in [-0.4, -0.2) is 30.1 Å². The van der Waals surface area contributed by atoms with Gasteiger partial charge in [-0.2, -0.15) is 21.6 Å². The zero-order chi connectivity index (χ0) is 33.7. The van der Waals surface area contributed by atoms with Crippen molar-refractivity contribution >= 4 is 21.7 Å². The van der Waals surface area contributed by atoms with Crippen molar-refractivity contribution in [1.29, 1.82) is 0 Å². The molecule has 0 fully saturated rings. The van der Waals surface area contributed by atoms with Gasteiger partial charge in [0.15, 0.2) is 5.03 Å². The molecule has 0 bridgehead atoms. The van der Waals surface area contributed by atoms with E-state index in [1.807, 2.05) is 67.6 Å². The Morgan fingerprint density at radius 3 is 2.04 bits per heavy atom. The maximum atomic E-state index is 13.8. The molecule has 11 heteroatoms. The van der Waals surface area contributed by atoms with Gasteiger partial charge in [0.1, 0.15) is 11.4 Å². The Morgan fingerprint density at radius 1 is 0.915 bits per heavy atom. The number of anilines is 1. The summed E-state index contributed by atoms with van der Waals surface area (Å²) in [5, 5.41) is 10.9. The second kappa shape index (κ2) is 14.0. The quantitative estimate of drug-likeness (QED) is 0.148. The summed E-state index contributed by atoms with van der Waals surface area (Å²) in [4.78, 5) is 17.3. The SMILES string of the molecule is CC[C@H](C1=C(O)CC(CCc2ccccc2)(CCc2ccccc2)OC1=O)c1cccc(NS(=O)(=O)c2ccc(C(F)(F)F)cn2)c1. The van der Waals surface area contributed by atoms with E-state index >= 15 is 0 Å². The Labute approximate surface area is 272 Å². The average Bonchev–Trinajstić information content (AvgIpc) is 3.05. The van der Waals surface area contributed by atoms with Gasteiger partial charge in [0.2, 0.25) is 0 Å². The molecule has 0 saturated carbocycles. The normalized spacial score (nSPS) is 15.6. The van der Waals surface area contributed by atoms with Crippen LogP contribution in [-0.2, 0) is 38.6 Å². The van der Waals surface area contributed by atoms with Gasteiger partial charge in [0.05, 0.1) is 11.1 Å². The van der Waals surface area contributed by atoms with Gasteiger partial charge in [-0.05, 0) is 73.1 Å². The fourth-order valence-electron chi connectivity index (χ4n) is 5.93. The van der Waals surface area contributed by atoms with Crippen molar-refractivity contribution in [3.8, 4) is 0 Å². The number of esters is 1. The second-order valence-electron chi connectivity index (χ2n) is 11.7. The van der Waals surface area contributed by atoms with Crippen molar-refractivity contribution in [3.05, 3.63) is 137 Å². The molecule has 5 rings (SSSR count). The number of carbonyl (C=O) groups excluding carboxylic acids is 1. The average molecular weight is 665 g/mol. The predicted molar refractivity (Wildman–Crippen MR) is 172 cm³/mol. The highest BCUT2D eigenvalue weighted by Gasteiger charge is 2.43. The van der Waals surface area contributed by atoms with Gasteiger partial charge in [-0.15, -0.1) is 0 Å². The number of benzene rings is 3. The molecule has 2 heterocycles. The summed E-state index contributed by atoms with van der Waals surface area (Å²) < 4.78 is 73.3. The number of rotatable bonds is 12. The smallest absolute Gasteiger partial charge is 0.417 e. The lowest BCUT2D eigenvalue weighted by Gasteiger charge is -2.39. The summed E-state index contributed by atoms with van der Waals surface area (Å²) in [6.07, 6.45) is -1.34. The maximum Gasteiger partial charge on any atom is 0.417 e. The van der Waals surface area contributed by atoms with Crippen molar-refractivity contribution < 1.29 is 36.2 Å². The van der Waals surface area contributed by atoms with Gasteiger partial charge in [0, 0.05) is 24.2 Å². The summed E-state index contributed by atoms with van der Waals surface area (Å²) in [6, 6.07) is 27.5. The van der Waals surface area contributed by atoms with Gasteiger partial charge in [-0.25, -0.2) is 9.78 Å². The number of cyclic esters (lactones) is 1. The van der Waals surface area contributed by atoms with E-state index in [1.165, 1.54) is 12.1 Å². The highest BCUT2D eigenvalue weighted by Crippen LogP contribution is 2.42. The molecule has 0 amide bonds. The summed E-state index contributed by atoms with van der Waals surface area (Å²) in [6.45, 7) is 1.84. The second-order valence-corrected chi connectivity index (χ2v) is 13.3. The third kappa shape index (κ3) is 8.21. The summed E-state index contributed by atoms with van der Waals surface area (Å²) >= 11 is 0. The zero-order valence-electron chi connectivity index (χ0n) is 25.7. The van der Waals surface area contributed by atoms with E-state index in [-0.39, 0.29) is 23.4 Å². The summed E-state index contributed by atoms with van der Waals surface area (Å²) in [7, 11) is -4.33. The van der Waals surface area contributed by atoms with E-state index in [0.29, 0.717) is 49.9 Å². The number of aromatic nitrogens is 1. The third-order valence-electron chi connectivity index (χ3n) is 8.39. The van der Waals surface area contributed by atoms with Crippen molar-refractivity contribution in [3.63, 3.8) is 0 Å². The number of aliphatic hydroxyl groups excluding tert-OH is 1. The van der Waals surface area contributed by atoms with Crippen molar-refractivity contribution in [1.82, 2.24) is 4.98 Å². The largest absolute Gasteiger partial charge is 0.512 e. The molecule has 2 N–H and O–H groups in total. The van der Waals surface area contributed by atoms with Crippen LogP contribution in [0.5, 0.6) is 0 Å². The number of aryl methyl sites for hydroxylation is 2. The van der Waals surface area contributed by atoms with Crippen LogP contribution in [0.4, 0.5) is 18.9 Å². The fourth-order valence-corrected chi connectivity index (χ4v) is 6.91. The number of aliphatic hydroxyl groups is 1. The molecule has 0 saturated heterocycles. The monoisotopic (exact) mass is 664 g/mol. The summed E-state index contributed by atoms with van der Waals surface area (Å²) in [5.41, 5.74) is 0.969. The first-order valence-electron chi connectivity index (χ1n) is 15.3. The molecule has 1 atom stereocenters. The number of sulfonamides is 1. The first-order valence-corrected chi connectivity index (χ1v) is 16.8. The molecule has 1 aliphatic heterocycles. The Kier molecular flexibility index (Phi) is 10.0. The van der Waals surface area contributed by atoms with Crippen LogP contribution in [0, 0.1) is 0 Å². The number of nitrogens with zero attached hydrogens (tertiary/aromatic N) is 1. The molecule has 246 valence electrons. The number of hydrogen-bond donors (Lipinski definition) is 2. The number of ether oxygens (including phenoxy) is 1. The van der Waals surface area contributed by atoms with Crippen LogP contribution >= 0.6 is 0 Å². The Bertz CT molecular complexity index is 1780. The first kappa shape index (κ1) is 33.7. The lowest BCUT2D eigenvalue weighted by atomic mass is 9.79. The van der Waals surface area contributed by atoms with E-state index in [4.69, 9.17) is 4.74 Å². The molecule has 3 aromatic carbocycles. The Morgan fingerprint density at radius 2 is 1.53 bits per heavy atom. The van der Waals surface area contributed by atoms with E-state index in [1.54, 1.807) is 12.1 Å². The van der Waals surface area contributed by atoms with Crippen LogP contribution in [0.3, 0.4) is 0 Å². The number of pyridine rings is 1. The van der Waals surface area contributed by atoms with Gasteiger partial charge in [0.25, 0.3) is 10.0 Å². The van der Waals surface area contributed by atoms with Gasteiger partial charge in [-0.1, -0.05) is 79.7 Å². The number of halogens is 3. The molecular formula is C36H35F3N2O5S. The van der Waals surface area contributed by atoms with E-state index in [2.05, 4.69) is 9.71 Å². The highest BCUT2D eigenvalue weighted by molar-refractivity contribution is 7.92. The molecule has 0 unspecified atom stereocenters. The molecular weight excluding hydrogens is 629 g/mol. The number of alkyl halides is 3. The minimum Gasteiger partial charge on any atom is -0.512 e. The molecule has 7 nitrogen and oxygen atoms in total. The van der Waals surface area contributed by atoms with E-state index in [0.717, 1.165) is 17.2 Å². The number of nitrogens with one attached hydrogen (secondary N) is 1. The maximum absolute atomic E-state index is 13.8.